The van der Waals surface area contributed by atoms with Crippen molar-refractivity contribution in [2.45, 2.75) is 35.1 Å². The lowest BCUT2D eigenvalue weighted by Gasteiger charge is -2.16. The topological polar surface area (TPSA) is 110 Å². The van der Waals surface area contributed by atoms with Crippen molar-refractivity contribution >= 4 is 26.0 Å². The second-order valence-electron chi connectivity index (χ2n) is 5.52. The highest BCUT2D eigenvalue weighted by Gasteiger charge is 2.28. The standard InChI is InChI=1S/C14H20N2O6S2/c1-16(10-9-14(17)22-2)24(20,21)13-7-5-12(6-8-13)23(18,19)15-11-3-4-11/h5-8,11,15H,3-4,9-10H2,1-2H3. The van der Waals surface area contributed by atoms with Gasteiger partial charge in [0.1, 0.15) is 0 Å². The number of methoxy groups -OCH3 is 1. The summed E-state index contributed by atoms with van der Waals surface area (Å²) in [6.07, 6.45) is 1.57. The summed E-state index contributed by atoms with van der Waals surface area (Å²) in [4.78, 5) is 11.1. The van der Waals surface area contributed by atoms with Gasteiger partial charge in [0.25, 0.3) is 0 Å². The van der Waals surface area contributed by atoms with Crippen LogP contribution >= 0.6 is 0 Å². The lowest BCUT2D eigenvalue weighted by Crippen LogP contribution is -2.29. The number of benzene rings is 1. The molecule has 8 nitrogen and oxygen atoms in total. The number of carbonyl (C=O) groups is 1. The molecule has 134 valence electrons. The van der Waals surface area contributed by atoms with Crippen molar-refractivity contribution < 1.29 is 26.4 Å². The van der Waals surface area contributed by atoms with Crippen LogP contribution in [0.15, 0.2) is 34.1 Å². The highest BCUT2D eigenvalue weighted by atomic mass is 32.2. The molecule has 0 unspecified atom stereocenters. The second-order valence-corrected chi connectivity index (χ2v) is 9.28. The van der Waals surface area contributed by atoms with Crippen molar-refractivity contribution in [1.29, 1.82) is 0 Å². The minimum Gasteiger partial charge on any atom is -0.469 e. The second kappa shape index (κ2) is 7.18. The third kappa shape index (κ3) is 4.53. The Morgan fingerprint density at radius 2 is 1.71 bits per heavy atom. The Bertz CT molecular complexity index is 798. The van der Waals surface area contributed by atoms with Crippen LogP contribution in [0.1, 0.15) is 19.3 Å². The number of nitrogens with one attached hydrogen (secondary N) is 1. The lowest BCUT2D eigenvalue weighted by atomic mass is 10.4. The van der Waals surface area contributed by atoms with E-state index in [1.54, 1.807) is 0 Å². The Balaban J connectivity index is 2.12. The Hall–Kier alpha value is -1.49. The number of nitrogens with zero attached hydrogens (tertiary/aromatic N) is 1. The summed E-state index contributed by atoms with van der Waals surface area (Å²) in [6.45, 7) is -0.0295. The van der Waals surface area contributed by atoms with Crippen molar-refractivity contribution in [3.63, 3.8) is 0 Å². The van der Waals surface area contributed by atoms with Crippen molar-refractivity contribution in [2.75, 3.05) is 20.7 Å². The molecular formula is C14H20N2O6S2. The normalized spacial score (nSPS) is 15.5. The van der Waals surface area contributed by atoms with Gasteiger partial charge < -0.3 is 4.74 Å². The minimum atomic E-state index is -3.81. The number of rotatable bonds is 8. The maximum Gasteiger partial charge on any atom is 0.306 e. The number of ether oxygens (including phenoxy) is 1. The molecule has 1 aromatic carbocycles. The van der Waals surface area contributed by atoms with Crippen LogP contribution in [0.5, 0.6) is 0 Å². The molecule has 1 fully saturated rings. The molecule has 1 saturated carbocycles. The Labute approximate surface area is 141 Å². The van der Waals surface area contributed by atoms with Crippen LogP contribution in [0.3, 0.4) is 0 Å². The van der Waals surface area contributed by atoms with Gasteiger partial charge in [0.15, 0.2) is 0 Å². The lowest BCUT2D eigenvalue weighted by molar-refractivity contribution is -0.140. The van der Waals surface area contributed by atoms with E-state index >= 15 is 0 Å². The maximum atomic E-state index is 12.4. The van der Waals surface area contributed by atoms with E-state index in [9.17, 15) is 21.6 Å². The summed E-state index contributed by atoms with van der Waals surface area (Å²) >= 11 is 0. The monoisotopic (exact) mass is 376 g/mol. The molecular weight excluding hydrogens is 356 g/mol. The molecule has 0 bridgehead atoms. The zero-order chi connectivity index (χ0) is 18.0. The van der Waals surface area contributed by atoms with E-state index in [1.165, 1.54) is 38.4 Å². The number of hydrogen-bond acceptors (Lipinski definition) is 6. The van der Waals surface area contributed by atoms with E-state index in [0.29, 0.717) is 0 Å². The highest BCUT2D eigenvalue weighted by Crippen LogP contribution is 2.23. The largest absolute Gasteiger partial charge is 0.469 e. The molecule has 0 saturated heterocycles. The molecule has 0 aliphatic heterocycles. The predicted molar refractivity (Wildman–Crippen MR) is 86.2 cm³/mol. The van der Waals surface area contributed by atoms with E-state index in [4.69, 9.17) is 0 Å². The average Bonchev–Trinajstić information content (AvgIpc) is 3.35. The fourth-order valence-electron chi connectivity index (χ4n) is 1.93. The van der Waals surface area contributed by atoms with Crippen LogP contribution in [0.2, 0.25) is 0 Å². The van der Waals surface area contributed by atoms with Crippen LogP contribution in [0, 0.1) is 0 Å². The maximum absolute atomic E-state index is 12.4. The van der Waals surface area contributed by atoms with Crippen LogP contribution in [-0.2, 0) is 29.6 Å². The van der Waals surface area contributed by atoms with Gasteiger partial charge in [-0.25, -0.2) is 25.9 Å². The quantitative estimate of drug-likeness (QED) is 0.654. The van der Waals surface area contributed by atoms with Crippen LogP contribution in [0.25, 0.3) is 0 Å². The number of hydrogen-bond donors (Lipinski definition) is 1. The summed E-state index contributed by atoms with van der Waals surface area (Å²) in [5.74, 6) is -0.510. The van der Waals surface area contributed by atoms with Crippen molar-refractivity contribution in [1.82, 2.24) is 9.03 Å². The predicted octanol–water partition coefficient (Wildman–Crippen LogP) is 0.311. The van der Waals surface area contributed by atoms with Crippen molar-refractivity contribution in [3.05, 3.63) is 24.3 Å². The molecule has 1 aliphatic carbocycles. The third-order valence-corrected chi connectivity index (χ3v) is 7.01. The first-order valence-electron chi connectivity index (χ1n) is 7.32. The van der Waals surface area contributed by atoms with Crippen LogP contribution < -0.4 is 4.72 Å². The molecule has 2 rings (SSSR count). The number of carbonyl (C=O) groups excluding carboxylic acids is 1. The molecule has 0 atom stereocenters. The van der Waals surface area contributed by atoms with E-state index < -0.39 is 26.0 Å². The Morgan fingerprint density at radius 1 is 1.17 bits per heavy atom. The average molecular weight is 376 g/mol. The zero-order valence-corrected chi connectivity index (χ0v) is 15.1. The molecule has 0 spiro atoms. The molecule has 24 heavy (non-hydrogen) atoms. The Morgan fingerprint density at radius 3 is 2.21 bits per heavy atom. The Kier molecular flexibility index (Phi) is 5.63. The fraction of sp³-hybridized carbons (Fsp3) is 0.500. The van der Waals surface area contributed by atoms with Gasteiger partial charge in [0.2, 0.25) is 20.0 Å². The van der Waals surface area contributed by atoms with E-state index in [-0.39, 0.29) is 28.8 Å². The fourth-order valence-corrected chi connectivity index (χ4v) is 4.41. The van der Waals surface area contributed by atoms with Crippen LogP contribution in [-0.4, -0.2) is 53.9 Å². The smallest absolute Gasteiger partial charge is 0.306 e. The van der Waals surface area contributed by atoms with Gasteiger partial charge in [-0.05, 0) is 37.1 Å². The first-order chi connectivity index (χ1) is 11.2. The van der Waals surface area contributed by atoms with E-state index in [2.05, 4.69) is 9.46 Å². The van der Waals surface area contributed by atoms with E-state index in [1.807, 2.05) is 0 Å². The molecule has 1 N–H and O–H groups in total. The van der Waals surface area contributed by atoms with Gasteiger partial charge in [-0.15, -0.1) is 0 Å². The molecule has 0 aromatic heterocycles. The van der Waals surface area contributed by atoms with E-state index in [0.717, 1.165) is 17.1 Å². The van der Waals surface area contributed by atoms with Gasteiger partial charge in [-0.3, -0.25) is 4.79 Å². The van der Waals surface area contributed by atoms with Crippen molar-refractivity contribution in [3.8, 4) is 0 Å². The van der Waals surface area contributed by atoms with Gasteiger partial charge >= 0.3 is 5.97 Å². The first-order valence-corrected chi connectivity index (χ1v) is 10.2. The van der Waals surface area contributed by atoms with Gasteiger partial charge in [-0.1, -0.05) is 0 Å². The summed E-state index contributed by atoms with van der Waals surface area (Å²) in [6, 6.07) is 4.97. The highest BCUT2D eigenvalue weighted by molar-refractivity contribution is 7.89. The molecule has 0 amide bonds. The third-order valence-electron chi connectivity index (χ3n) is 3.60. The van der Waals surface area contributed by atoms with Crippen molar-refractivity contribution in [2.24, 2.45) is 0 Å². The van der Waals surface area contributed by atoms with Gasteiger partial charge in [-0.2, -0.15) is 0 Å². The number of sulfonamides is 2. The first kappa shape index (κ1) is 18.8. The molecule has 0 heterocycles. The summed E-state index contributed by atoms with van der Waals surface area (Å²) < 4.78 is 56.9. The molecule has 10 heteroatoms. The molecule has 1 aliphatic rings. The zero-order valence-electron chi connectivity index (χ0n) is 13.4. The van der Waals surface area contributed by atoms with Gasteiger partial charge in [0.05, 0.1) is 23.3 Å². The molecule has 1 aromatic rings. The summed E-state index contributed by atoms with van der Waals surface area (Å²) in [7, 11) is -4.86. The molecule has 0 radical (unpaired) electrons. The van der Waals surface area contributed by atoms with Crippen LogP contribution in [0.4, 0.5) is 0 Å². The summed E-state index contributed by atoms with van der Waals surface area (Å²) in [5.41, 5.74) is 0. The summed E-state index contributed by atoms with van der Waals surface area (Å²) in [5, 5.41) is 0. The number of esters is 1. The SMILES string of the molecule is COC(=O)CCN(C)S(=O)(=O)c1ccc(S(=O)(=O)NC2CC2)cc1. The van der Waals surface area contributed by atoms with Gasteiger partial charge in [0, 0.05) is 19.6 Å². The minimum absolute atomic E-state index is 0.0190.